The molecule has 0 radical (unpaired) electrons. The first-order valence-corrected chi connectivity index (χ1v) is 6.82. The molecular weight excluding hydrogens is 224 g/mol. The maximum Gasteiger partial charge on any atom is 0.203 e. The van der Waals surface area contributed by atoms with Crippen LogP contribution in [0.2, 0.25) is 0 Å². The van der Waals surface area contributed by atoms with Crippen molar-refractivity contribution in [3.63, 3.8) is 0 Å². The number of aromatic nitrogens is 1. The van der Waals surface area contributed by atoms with Gasteiger partial charge in [0.1, 0.15) is 5.52 Å². The molecule has 0 aliphatic carbocycles. The summed E-state index contributed by atoms with van der Waals surface area (Å²) < 4.78 is 6.01. The molecule has 1 unspecified atom stereocenters. The molecule has 1 aliphatic rings. The monoisotopic (exact) mass is 244 g/mol. The first-order chi connectivity index (χ1) is 8.73. The molecule has 1 fully saturated rings. The Morgan fingerprint density at radius 2 is 2.33 bits per heavy atom. The topological polar surface area (TPSA) is 38.1 Å². The first kappa shape index (κ1) is 11.7. The molecule has 1 aliphatic heterocycles. The number of hydrogen-bond donors (Lipinski definition) is 1. The molecule has 1 atom stereocenters. The molecule has 3 heteroatoms. The zero-order chi connectivity index (χ0) is 12.6. The summed E-state index contributed by atoms with van der Waals surface area (Å²) in [7, 11) is 0. The average molecular weight is 244 g/mol. The van der Waals surface area contributed by atoms with Gasteiger partial charge in [0.25, 0.3) is 0 Å². The number of aryl methyl sites for hydroxylation is 1. The van der Waals surface area contributed by atoms with E-state index in [4.69, 9.17) is 9.40 Å². The van der Waals surface area contributed by atoms with Gasteiger partial charge in [-0.05, 0) is 44.0 Å². The zero-order valence-corrected chi connectivity index (χ0v) is 11.1. The van der Waals surface area contributed by atoms with Crippen LogP contribution < -0.4 is 5.32 Å². The summed E-state index contributed by atoms with van der Waals surface area (Å²) in [5.41, 5.74) is 3.25. The molecule has 96 valence electrons. The van der Waals surface area contributed by atoms with Crippen LogP contribution in [0.4, 0.5) is 0 Å². The SMILES string of the molecule is CCCC1(c2nc3cc(C)ccc3o2)CCNC1. The van der Waals surface area contributed by atoms with Gasteiger partial charge in [-0.25, -0.2) is 4.98 Å². The Bertz CT molecular complexity index is 553. The van der Waals surface area contributed by atoms with E-state index < -0.39 is 0 Å². The summed E-state index contributed by atoms with van der Waals surface area (Å²) in [6.45, 7) is 6.38. The van der Waals surface area contributed by atoms with Crippen molar-refractivity contribution >= 4 is 11.1 Å². The molecule has 18 heavy (non-hydrogen) atoms. The Hall–Kier alpha value is -1.35. The quantitative estimate of drug-likeness (QED) is 0.901. The number of rotatable bonds is 3. The lowest BCUT2D eigenvalue weighted by Crippen LogP contribution is -2.29. The number of fused-ring (bicyclic) bond motifs is 1. The second kappa shape index (κ2) is 4.39. The van der Waals surface area contributed by atoms with Crippen LogP contribution in [-0.4, -0.2) is 18.1 Å². The van der Waals surface area contributed by atoms with Crippen LogP contribution in [0, 0.1) is 6.92 Å². The van der Waals surface area contributed by atoms with Crippen molar-refractivity contribution in [2.45, 2.75) is 38.5 Å². The predicted octanol–water partition coefficient (Wildman–Crippen LogP) is 3.17. The van der Waals surface area contributed by atoms with Crippen LogP contribution in [-0.2, 0) is 5.41 Å². The molecule has 2 heterocycles. The Kier molecular flexibility index (Phi) is 2.86. The lowest BCUT2D eigenvalue weighted by Gasteiger charge is -2.23. The van der Waals surface area contributed by atoms with E-state index in [1.807, 2.05) is 6.07 Å². The first-order valence-electron chi connectivity index (χ1n) is 6.82. The highest BCUT2D eigenvalue weighted by Crippen LogP contribution is 2.36. The highest BCUT2D eigenvalue weighted by Gasteiger charge is 2.39. The number of oxazole rings is 1. The summed E-state index contributed by atoms with van der Waals surface area (Å²) in [6.07, 6.45) is 3.44. The van der Waals surface area contributed by atoms with Gasteiger partial charge in [-0.3, -0.25) is 0 Å². The Balaban J connectivity index is 2.06. The minimum absolute atomic E-state index is 0.113. The van der Waals surface area contributed by atoms with Crippen LogP contribution in [0.5, 0.6) is 0 Å². The van der Waals surface area contributed by atoms with E-state index in [0.717, 1.165) is 42.9 Å². The number of hydrogen-bond acceptors (Lipinski definition) is 3. The average Bonchev–Trinajstić information content (AvgIpc) is 2.95. The van der Waals surface area contributed by atoms with Crippen molar-refractivity contribution in [2.24, 2.45) is 0 Å². The van der Waals surface area contributed by atoms with Gasteiger partial charge in [0.15, 0.2) is 5.58 Å². The van der Waals surface area contributed by atoms with E-state index in [1.54, 1.807) is 0 Å². The number of nitrogens with one attached hydrogen (secondary N) is 1. The van der Waals surface area contributed by atoms with Crippen molar-refractivity contribution in [1.29, 1.82) is 0 Å². The Labute approximate surface area is 108 Å². The van der Waals surface area contributed by atoms with Gasteiger partial charge in [-0.2, -0.15) is 0 Å². The lowest BCUT2D eigenvalue weighted by molar-refractivity contribution is 0.331. The molecule has 3 nitrogen and oxygen atoms in total. The summed E-state index contributed by atoms with van der Waals surface area (Å²) in [4.78, 5) is 4.74. The molecule has 0 spiro atoms. The van der Waals surface area contributed by atoms with E-state index in [2.05, 4.69) is 31.3 Å². The molecular formula is C15H20N2O. The highest BCUT2D eigenvalue weighted by molar-refractivity contribution is 5.73. The summed E-state index contributed by atoms with van der Waals surface area (Å²) >= 11 is 0. The molecule has 3 rings (SSSR count). The van der Waals surface area contributed by atoms with E-state index in [1.165, 1.54) is 12.0 Å². The molecule has 1 N–H and O–H groups in total. The zero-order valence-electron chi connectivity index (χ0n) is 11.1. The Morgan fingerprint density at radius 1 is 1.44 bits per heavy atom. The standard InChI is InChI=1S/C15H20N2O/c1-3-6-15(7-8-16-10-15)14-17-12-9-11(2)4-5-13(12)18-14/h4-5,9,16H,3,6-8,10H2,1-2H3. The van der Waals surface area contributed by atoms with Crippen molar-refractivity contribution in [1.82, 2.24) is 10.3 Å². The highest BCUT2D eigenvalue weighted by atomic mass is 16.3. The van der Waals surface area contributed by atoms with E-state index in [-0.39, 0.29) is 5.41 Å². The van der Waals surface area contributed by atoms with Gasteiger partial charge < -0.3 is 9.73 Å². The molecule has 0 saturated carbocycles. The molecule has 1 saturated heterocycles. The largest absolute Gasteiger partial charge is 0.440 e. The minimum Gasteiger partial charge on any atom is -0.440 e. The maximum atomic E-state index is 6.01. The number of benzene rings is 1. The van der Waals surface area contributed by atoms with E-state index in [0.29, 0.717) is 0 Å². The van der Waals surface area contributed by atoms with E-state index >= 15 is 0 Å². The summed E-state index contributed by atoms with van der Waals surface area (Å²) in [5.74, 6) is 0.926. The van der Waals surface area contributed by atoms with Crippen LogP contribution in [0.1, 0.15) is 37.6 Å². The Morgan fingerprint density at radius 3 is 3.06 bits per heavy atom. The predicted molar refractivity (Wildman–Crippen MR) is 72.8 cm³/mol. The van der Waals surface area contributed by atoms with Crippen molar-refractivity contribution in [3.05, 3.63) is 29.7 Å². The van der Waals surface area contributed by atoms with Crippen molar-refractivity contribution in [2.75, 3.05) is 13.1 Å². The maximum absolute atomic E-state index is 6.01. The van der Waals surface area contributed by atoms with Gasteiger partial charge in [0, 0.05) is 6.54 Å². The van der Waals surface area contributed by atoms with Crippen LogP contribution in [0.25, 0.3) is 11.1 Å². The van der Waals surface area contributed by atoms with Gasteiger partial charge in [0.2, 0.25) is 5.89 Å². The molecule has 1 aromatic heterocycles. The van der Waals surface area contributed by atoms with Gasteiger partial charge in [-0.1, -0.05) is 19.4 Å². The summed E-state index contributed by atoms with van der Waals surface area (Å²) in [6, 6.07) is 6.21. The van der Waals surface area contributed by atoms with Crippen molar-refractivity contribution < 1.29 is 4.42 Å². The van der Waals surface area contributed by atoms with Crippen LogP contribution in [0.3, 0.4) is 0 Å². The van der Waals surface area contributed by atoms with Crippen LogP contribution >= 0.6 is 0 Å². The third-order valence-electron chi connectivity index (χ3n) is 3.97. The van der Waals surface area contributed by atoms with Crippen LogP contribution in [0.15, 0.2) is 22.6 Å². The third-order valence-corrected chi connectivity index (χ3v) is 3.97. The van der Waals surface area contributed by atoms with Gasteiger partial charge >= 0.3 is 0 Å². The second-order valence-electron chi connectivity index (χ2n) is 5.45. The lowest BCUT2D eigenvalue weighted by atomic mass is 9.82. The fourth-order valence-corrected chi connectivity index (χ4v) is 2.99. The second-order valence-corrected chi connectivity index (χ2v) is 5.45. The number of nitrogens with zero attached hydrogens (tertiary/aromatic N) is 1. The van der Waals surface area contributed by atoms with E-state index in [9.17, 15) is 0 Å². The molecule has 0 amide bonds. The van der Waals surface area contributed by atoms with Gasteiger partial charge in [0.05, 0.1) is 5.41 Å². The fourth-order valence-electron chi connectivity index (χ4n) is 2.99. The fraction of sp³-hybridized carbons (Fsp3) is 0.533. The molecule has 0 bridgehead atoms. The summed E-state index contributed by atoms with van der Waals surface area (Å²) in [5, 5.41) is 3.45. The third kappa shape index (κ3) is 1.83. The minimum atomic E-state index is 0.113. The smallest absolute Gasteiger partial charge is 0.203 e. The van der Waals surface area contributed by atoms with Gasteiger partial charge in [-0.15, -0.1) is 0 Å². The normalized spacial score (nSPS) is 23.9. The van der Waals surface area contributed by atoms with Crippen molar-refractivity contribution in [3.8, 4) is 0 Å². The molecule has 2 aromatic rings. The molecule has 1 aromatic carbocycles.